The zero-order chi connectivity index (χ0) is 28.0. The van der Waals surface area contributed by atoms with Crippen LogP contribution in [-0.2, 0) is 9.53 Å². The molecule has 216 valence electrons. The lowest BCUT2D eigenvalue weighted by Gasteiger charge is -2.41. The lowest BCUT2D eigenvalue weighted by atomic mass is 9.97. The molecule has 10 heteroatoms. The fourth-order valence-corrected chi connectivity index (χ4v) is 6.69. The van der Waals surface area contributed by atoms with Crippen LogP contribution in [0.15, 0.2) is 12.2 Å². The van der Waals surface area contributed by atoms with Gasteiger partial charge in [-0.25, -0.2) is 9.10 Å². The Labute approximate surface area is 234 Å². The molecule has 0 spiro atoms. The molecule has 3 aliphatic rings. The van der Waals surface area contributed by atoms with E-state index in [1.54, 1.807) is 4.90 Å². The van der Waals surface area contributed by atoms with Gasteiger partial charge in [-0.05, 0) is 46.5 Å². The Kier molecular flexibility index (Phi) is 16.2. The van der Waals surface area contributed by atoms with Crippen LogP contribution < -0.4 is 5.32 Å². The lowest BCUT2D eigenvalue weighted by Crippen LogP contribution is -2.62. The summed E-state index contributed by atoms with van der Waals surface area (Å²) in [5, 5.41) is 11.2. The number of likely N-dealkylation sites (tertiary alicyclic amines) is 1. The van der Waals surface area contributed by atoms with Crippen molar-refractivity contribution in [3.63, 3.8) is 0 Å². The molecule has 0 aromatic carbocycles. The van der Waals surface area contributed by atoms with Crippen LogP contribution in [0.1, 0.15) is 74.1 Å². The highest BCUT2D eigenvalue weighted by Crippen LogP contribution is 2.34. The van der Waals surface area contributed by atoms with E-state index in [0.29, 0.717) is 23.6 Å². The molecule has 8 nitrogen and oxygen atoms in total. The molecular formula is C27H52N4O4S2. The molecular weight excluding hydrogens is 508 g/mol. The number of ether oxygens (including phenoxy) is 1. The van der Waals surface area contributed by atoms with Crippen LogP contribution in [0.5, 0.6) is 0 Å². The summed E-state index contributed by atoms with van der Waals surface area (Å²) in [6.07, 6.45) is 8.85. The van der Waals surface area contributed by atoms with E-state index in [-0.39, 0.29) is 24.0 Å². The number of aliphatic hydroxyl groups is 1. The molecule has 2 amide bonds. The first-order valence-electron chi connectivity index (χ1n) is 13.9. The highest BCUT2D eigenvalue weighted by molar-refractivity contribution is 7.98. The minimum absolute atomic E-state index is 0.0281. The zero-order valence-electron chi connectivity index (χ0n) is 24.4. The number of rotatable bonds is 8. The molecule has 2 heterocycles. The maximum absolute atomic E-state index is 12.8. The standard InChI is InChI=1S/C24H42N4O3S2.C2H6.CH4O/c1-6-27(7-2)32-20-10-12-21(13-11-20)33-28-14-8-9-18(15-28)22(29)25-19-16-26(17-19)23(30)31-24(3,4)5;2*1-2/h10,12,18-21H,6-9,11,13-17H2,1-5H3,(H,25,29);1-2H3;2H,1H3. The van der Waals surface area contributed by atoms with Gasteiger partial charge in [-0.1, -0.05) is 63.7 Å². The maximum Gasteiger partial charge on any atom is 0.410 e. The predicted octanol–water partition coefficient (Wildman–Crippen LogP) is 4.79. The Hall–Kier alpha value is -0.940. The molecule has 3 rings (SSSR count). The Morgan fingerprint density at radius 3 is 2.16 bits per heavy atom. The third-order valence-electron chi connectivity index (χ3n) is 6.18. The Bertz CT molecular complexity index is 694. The van der Waals surface area contributed by atoms with Gasteiger partial charge in [0.2, 0.25) is 5.91 Å². The molecule has 0 radical (unpaired) electrons. The fourth-order valence-electron chi connectivity index (χ4n) is 4.32. The van der Waals surface area contributed by atoms with Gasteiger partial charge in [0, 0.05) is 56.9 Å². The van der Waals surface area contributed by atoms with Gasteiger partial charge in [0.25, 0.3) is 0 Å². The van der Waals surface area contributed by atoms with Crippen molar-refractivity contribution in [1.29, 1.82) is 0 Å². The van der Waals surface area contributed by atoms with Gasteiger partial charge in [-0.3, -0.25) is 9.10 Å². The number of carbonyl (C=O) groups excluding carboxylic acids is 2. The second kappa shape index (κ2) is 17.6. The molecule has 2 N–H and O–H groups in total. The molecule has 1 aliphatic carbocycles. The first kappa shape index (κ1) is 34.1. The number of nitrogens with one attached hydrogen (secondary N) is 1. The summed E-state index contributed by atoms with van der Waals surface area (Å²) >= 11 is 3.89. The van der Waals surface area contributed by atoms with E-state index in [1.165, 1.54) is 12.8 Å². The molecule has 0 aromatic heterocycles. The number of nitrogens with zero attached hydrogens (tertiary/aromatic N) is 3. The summed E-state index contributed by atoms with van der Waals surface area (Å²) in [6.45, 7) is 19.1. The van der Waals surface area contributed by atoms with Crippen molar-refractivity contribution in [2.45, 2.75) is 96.3 Å². The fraction of sp³-hybridized carbons (Fsp3) is 0.852. The quantitative estimate of drug-likeness (QED) is 0.324. The normalized spacial score (nSPS) is 24.3. The molecule has 3 atom stereocenters. The highest BCUT2D eigenvalue weighted by Gasteiger charge is 2.36. The van der Waals surface area contributed by atoms with Crippen molar-refractivity contribution >= 4 is 35.9 Å². The van der Waals surface area contributed by atoms with Gasteiger partial charge in [-0.15, -0.1) is 0 Å². The third-order valence-corrected chi connectivity index (χ3v) is 8.96. The van der Waals surface area contributed by atoms with Gasteiger partial charge < -0.3 is 20.1 Å². The monoisotopic (exact) mass is 560 g/mol. The molecule has 2 fully saturated rings. The number of amides is 2. The van der Waals surface area contributed by atoms with Gasteiger partial charge in [0.05, 0.1) is 12.0 Å². The van der Waals surface area contributed by atoms with Crippen LogP contribution in [0.4, 0.5) is 4.79 Å². The van der Waals surface area contributed by atoms with Crippen LogP contribution in [-0.4, -0.2) is 99.1 Å². The van der Waals surface area contributed by atoms with E-state index >= 15 is 0 Å². The van der Waals surface area contributed by atoms with E-state index in [2.05, 4.69) is 39.9 Å². The molecule has 2 aliphatic heterocycles. The summed E-state index contributed by atoms with van der Waals surface area (Å²) in [5.41, 5.74) is -0.493. The first-order chi connectivity index (χ1) is 17.7. The number of carbonyl (C=O) groups is 2. The molecule has 0 bridgehead atoms. The average Bonchev–Trinajstić information content (AvgIpc) is 2.86. The smallest absolute Gasteiger partial charge is 0.410 e. The van der Waals surface area contributed by atoms with Gasteiger partial charge in [0.1, 0.15) is 5.60 Å². The van der Waals surface area contributed by atoms with Crippen LogP contribution in [0.2, 0.25) is 0 Å². The van der Waals surface area contributed by atoms with Crippen molar-refractivity contribution in [2.75, 3.05) is 46.4 Å². The summed E-state index contributed by atoms with van der Waals surface area (Å²) in [7, 11) is 1.00. The Morgan fingerprint density at radius 2 is 1.62 bits per heavy atom. The first-order valence-corrected chi connectivity index (χ1v) is 15.6. The van der Waals surface area contributed by atoms with Crippen molar-refractivity contribution in [2.24, 2.45) is 5.92 Å². The van der Waals surface area contributed by atoms with Crippen molar-refractivity contribution in [3.8, 4) is 0 Å². The molecule has 37 heavy (non-hydrogen) atoms. The molecule has 2 saturated heterocycles. The van der Waals surface area contributed by atoms with Crippen LogP contribution in [0.3, 0.4) is 0 Å². The van der Waals surface area contributed by atoms with Gasteiger partial charge in [-0.2, -0.15) is 0 Å². The van der Waals surface area contributed by atoms with Crippen molar-refractivity contribution in [3.05, 3.63) is 12.2 Å². The van der Waals surface area contributed by atoms with E-state index < -0.39 is 5.60 Å². The Balaban J connectivity index is 0.00000163. The summed E-state index contributed by atoms with van der Waals surface area (Å²) in [4.78, 5) is 26.6. The lowest BCUT2D eigenvalue weighted by molar-refractivity contribution is -0.128. The molecule has 3 unspecified atom stereocenters. The number of piperidine rings is 1. The third kappa shape index (κ3) is 12.2. The van der Waals surface area contributed by atoms with Crippen molar-refractivity contribution in [1.82, 2.24) is 18.8 Å². The minimum atomic E-state index is -0.493. The van der Waals surface area contributed by atoms with Gasteiger partial charge in [0.15, 0.2) is 0 Å². The van der Waals surface area contributed by atoms with E-state index in [0.717, 1.165) is 46.1 Å². The maximum atomic E-state index is 12.8. The topological polar surface area (TPSA) is 85.4 Å². The average molecular weight is 561 g/mol. The molecule has 0 saturated carbocycles. The second-order valence-electron chi connectivity index (χ2n) is 10.2. The van der Waals surface area contributed by atoms with Crippen LogP contribution in [0.25, 0.3) is 0 Å². The van der Waals surface area contributed by atoms with Crippen LogP contribution in [0, 0.1) is 5.92 Å². The van der Waals surface area contributed by atoms with E-state index in [9.17, 15) is 9.59 Å². The summed E-state index contributed by atoms with van der Waals surface area (Å²) < 4.78 is 10.2. The summed E-state index contributed by atoms with van der Waals surface area (Å²) in [6, 6.07) is 0.0366. The number of aliphatic hydroxyl groups excluding tert-OH is 1. The predicted molar refractivity (Wildman–Crippen MR) is 158 cm³/mol. The second-order valence-corrected chi connectivity index (χ2v) is 12.8. The SMILES string of the molecule is CC.CCN(CC)SC1C=CC(SN2CCCC(C(=O)NC3CN(C(=O)OC(C)(C)C)C3)C2)CC1.CO. The number of hydrogen-bond acceptors (Lipinski definition) is 8. The van der Waals surface area contributed by atoms with Crippen LogP contribution >= 0.6 is 23.9 Å². The van der Waals surface area contributed by atoms with E-state index in [4.69, 9.17) is 9.84 Å². The van der Waals surface area contributed by atoms with Crippen molar-refractivity contribution < 1.29 is 19.4 Å². The molecule has 0 aromatic rings. The van der Waals surface area contributed by atoms with E-state index in [1.807, 2.05) is 58.5 Å². The highest BCUT2D eigenvalue weighted by atomic mass is 32.2. The summed E-state index contributed by atoms with van der Waals surface area (Å²) in [5.74, 6) is 0.157. The number of hydrogen-bond donors (Lipinski definition) is 2. The minimum Gasteiger partial charge on any atom is -0.444 e. The van der Waals surface area contributed by atoms with Gasteiger partial charge >= 0.3 is 6.09 Å². The zero-order valence-corrected chi connectivity index (χ0v) is 26.0. The Morgan fingerprint density at radius 1 is 1.03 bits per heavy atom. The largest absolute Gasteiger partial charge is 0.444 e.